The molecule has 0 saturated carbocycles. The van der Waals surface area contributed by atoms with Crippen LogP contribution in [0.3, 0.4) is 0 Å². The Balaban J connectivity index is 1.59. The zero-order valence-electron chi connectivity index (χ0n) is 25.5. The lowest BCUT2D eigenvalue weighted by Gasteiger charge is -2.22. The fourth-order valence-corrected chi connectivity index (χ4v) is 4.26. The van der Waals surface area contributed by atoms with E-state index in [1.54, 1.807) is 42.7 Å². The van der Waals surface area contributed by atoms with Gasteiger partial charge in [-0.2, -0.15) is 0 Å². The molecule has 10 heteroatoms. The molecule has 0 spiro atoms. The van der Waals surface area contributed by atoms with Crippen molar-refractivity contribution in [2.75, 3.05) is 96.1 Å². The van der Waals surface area contributed by atoms with Crippen LogP contribution in [0.25, 0.3) is 0 Å². The van der Waals surface area contributed by atoms with Gasteiger partial charge in [0.25, 0.3) is 0 Å². The molecule has 0 saturated heterocycles. The van der Waals surface area contributed by atoms with E-state index in [1.165, 1.54) is 0 Å². The van der Waals surface area contributed by atoms with Crippen molar-refractivity contribution in [1.82, 2.24) is 9.80 Å². The van der Waals surface area contributed by atoms with Gasteiger partial charge in [-0.25, -0.2) is 0 Å². The van der Waals surface area contributed by atoms with Gasteiger partial charge in [-0.3, -0.25) is 0 Å². The predicted octanol–water partition coefficient (Wildman–Crippen LogP) is 4.12. The van der Waals surface area contributed by atoms with Crippen LogP contribution in [0.1, 0.15) is 24.0 Å². The highest BCUT2D eigenvalue weighted by molar-refractivity contribution is 5.54. The Labute approximate surface area is 239 Å². The van der Waals surface area contributed by atoms with Crippen molar-refractivity contribution in [2.45, 2.75) is 26.1 Å². The maximum atomic E-state index is 5.89. The average Bonchev–Trinajstić information content (AvgIpc) is 2.98. The highest BCUT2D eigenvalue weighted by Crippen LogP contribution is 2.39. The van der Waals surface area contributed by atoms with E-state index < -0.39 is 0 Å². The van der Waals surface area contributed by atoms with E-state index in [4.69, 9.17) is 37.9 Å². The van der Waals surface area contributed by atoms with E-state index in [9.17, 15) is 0 Å². The lowest BCUT2D eigenvalue weighted by Crippen LogP contribution is -2.32. The first-order chi connectivity index (χ1) is 19.4. The lowest BCUT2D eigenvalue weighted by atomic mass is 10.2. The maximum absolute atomic E-state index is 5.89. The van der Waals surface area contributed by atoms with Gasteiger partial charge < -0.3 is 47.7 Å². The summed E-state index contributed by atoms with van der Waals surface area (Å²) >= 11 is 0. The van der Waals surface area contributed by atoms with Crippen molar-refractivity contribution in [2.24, 2.45) is 0 Å². The second-order valence-corrected chi connectivity index (χ2v) is 9.49. The number of likely N-dealkylation sites (N-methyl/N-ethyl adjacent to an activating group) is 2. The molecule has 0 heterocycles. The van der Waals surface area contributed by atoms with Gasteiger partial charge >= 0.3 is 0 Å². The Morgan fingerprint density at radius 1 is 0.475 bits per heavy atom. The van der Waals surface area contributed by atoms with Gasteiger partial charge in [0, 0.05) is 39.4 Å². The molecule has 0 amide bonds. The van der Waals surface area contributed by atoms with E-state index in [0.717, 1.165) is 50.1 Å². The van der Waals surface area contributed by atoms with Crippen LogP contribution in [0.15, 0.2) is 24.3 Å². The summed E-state index contributed by atoms with van der Waals surface area (Å²) in [6, 6.07) is 7.67. The standard InChI is InChI=1S/C30H48N2O8/c1-31(11-9-15-39-21-23-17-25(33-3)29(37-7)26(18-23)34-4)13-14-32(2)12-10-16-40-22-24-19-27(35-5)30(38-8)28(20-24)36-6/h17-20H,9-16,21-22H2,1-8H3. The van der Waals surface area contributed by atoms with Crippen molar-refractivity contribution in [1.29, 1.82) is 0 Å². The summed E-state index contributed by atoms with van der Waals surface area (Å²) in [4.78, 5) is 4.67. The molecule has 0 bridgehead atoms. The summed E-state index contributed by atoms with van der Waals surface area (Å²) in [5.41, 5.74) is 1.97. The van der Waals surface area contributed by atoms with Crippen LogP contribution in [0.5, 0.6) is 34.5 Å². The van der Waals surface area contributed by atoms with Crippen LogP contribution >= 0.6 is 0 Å². The topological polar surface area (TPSA) is 80.3 Å². The quantitative estimate of drug-likeness (QED) is 0.207. The second kappa shape index (κ2) is 18.4. The van der Waals surface area contributed by atoms with Gasteiger partial charge in [-0.15, -0.1) is 0 Å². The number of hydrogen-bond acceptors (Lipinski definition) is 10. The summed E-state index contributed by atoms with van der Waals surface area (Å²) in [5.74, 6) is 3.71. The van der Waals surface area contributed by atoms with Crippen molar-refractivity contribution in [3.05, 3.63) is 35.4 Å². The third-order valence-corrected chi connectivity index (χ3v) is 6.51. The molecule has 0 N–H and O–H groups in total. The Kier molecular flexibility index (Phi) is 15.3. The molecule has 0 aliphatic carbocycles. The van der Waals surface area contributed by atoms with Crippen LogP contribution in [0.2, 0.25) is 0 Å². The number of ether oxygens (including phenoxy) is 8. The third-order valence-electron chi connectivity index (χ3n) is 6.51. The predicted molar refractivity (Wildman–Crippen MR) is 156 cm³/mol. The molecule has 0 aliphatic heterocycles. The Bertz CT molecular complexity index is 874. The number of benzene rings is 2. The molecule has 2 aromatic rings. The maximum Gasteiger partial charge on any atom is 0.203 e. The minimum absolute atomic E-state index is 0.491. The SMILES string of the molecule is COc1cc(COCCCN(C)CCN(C)CCCOCc2cc(OC)c(OC)c(OC)c2)cc(OC)c1OC. The second-order valence-electron chi connectivity index (χ2n) is 9.49. The molecule has 2 rings (SSSR count). The lowest BCUT2D eigenvalue weighted by molar-refractivity contribution is 0.105. The monoisotopic (exact) mass is 564 g/mol. The summed E-state index contributed by atoms with van der Waals surface area (Å²) in [7, 11) is 13.9. The van der Waals surface area contributed by atoms with Gasteiger partial charge in [0.05, 0.1) is 55.9 Å². The molecular weight excluding hydrogens is 516 g/mol. The normalized spacial score (nSPS) is 11.2. The molecule has 0 fully saturated rings. The van der Waals surface area contributed by atoms with Crippen LogP contribution in [-0.2, 0) is 22.7 Å². The minimum Gasteiger partial charge on any atom is -0.493 e. The number of rotatable bonds is 21. The number of hydrogen-bond donors (Lipinski definition) is 0. The molecule has 226 valence electrons. The minimum atomic E-state index is 0.491. The molecule has 40 heavy (non-hydrogen) atoms. The summed E-state index contributed by atoms with van der Waals surface area (Å²) in [6.45, 7) is 6.28. The fraction of sp³-hybridized carbons (Fsp3) is 0.600. The summed E-state index contributed by atoms with van der Waals surface area (Å²) in [6.07, 6.45) is 1.92. The summed E-state index contributed by atoms with van der Waals surface area (Å²) in [5, 5.41) is 0. The fourth-order valence-electron chi connectivity index (χ4n) is 4.26. The van der Waals surface area contributed by atoms with E-state index in [1.807, 2.05) is 24.3 Å². The largest absolute Gasteiger partial charge is 0.493 e. The zero-order chi connectivity index (χ0) is 29.3. The summed E-state index contributed by atoms with van der Waals surface area (Å²) < 4.78 is 44.2. The van der Waals surface area contributed by atoms with E-state index >= 15 is 0 Å². The van der Waals surface area contributed by atoms with Crippen LogP contribution in [0.4, 0.5) is 0 Å². The van der Waals surface area contributed by atoms with Gasteiger partial charge in [-0.05, 0) is 62.3 Å². The van der Waals surface area contributed by atoms with Gasteiger partial charge in [0.15, 0.2) is 23.0 Å². The molecule has 0 unspecified atom stereocenters. The molecule has 0 aliphatic rings. The first kappa shape index (κ1) is 33.3. The average molecular weight is 565 g/mol. The Hall–Kier alpha value is -2.92. The Morgan fingerprint density at radius 3 is 1.07 bits per heavy atom. The number of methoxy groups -OCH3 is 6. The van der Waals surface area contributed by atoms with E-state index in [-0.39, 0.29) is 0 Å². The molecule has 0 radical (unpaired) electrons. The molecule has 10 nitrogen and oxygen atoms in total. The van der Waals surface area contributed by atoms with E-state index in [0.29, 0.717) is 60.9 Å². The van der Waals surface area contributed by atoms with Crippen LogP contribution in [0, 0.1) is 0 Å². The van der Waals surface area contributed by atoms with E-state index in [2.05, 4.69) is 23.9 Å². The van der Waals surface area contributed by atoms with Crippen molar-refractivity contribution in [3.8, 4) is 34.5 Å². The third kappa shape index (κ3) is 10.6. The first-order valence-corrected chi connectivity index (χ1v) is 13.5. The highest BCUT2D eigenvalue weighted by atomic mass is 16.5. The first-order valence-electron chi connectivity index (χ1n) is 13.5. The van der Waals surface area contributed by atoms with Crippen molar-refractivity contribution < 1.29 is 37.9 Å². The van der Waals surface area contributed by atoms with Gasteiger partial charge in [-0.1, -0.05) is 0 Å². The van der Waals surface area contributed by atoms with Crippen LogP contribution in [-0.4, -0.2) is 106 Å². The molecule has 0 atom stereocenters. The van der Waals surface area contributed by atoms with Crippen molar-refractivity contribution >= 4 is 0 Å². The Morgan fingerprint density at radius 2 is 0.800 bits per heavy atom. The zero-order valence-corrected chi connectivity index (χ0v) is 25.5. The number of nitrogens with zero attached hydrogens (tertiary/aromatic N) is 2. The van der Waals surface area contributed by atoms with Gasteiger partial charge in [0.1, 0.15) is 0 Å². The van der Waals surface area contributed by atoms with Crippen molar-refractivity contribution in [3.63, 3.8) is 0 Å². The molecular formula is C30H48N2O8. The van der Waals surface area contributed by atoms with Crippen LogP contribution < -0.4 is 28.4 Å². The molecule has 0 aromatic heterocycles. The van der Waals surface area contributed by atoms with Gasteiger partial charge in [0.2, 0.25) is 11.5 Å². The molecule has 2 aromatic carbocycles. The smallest absolute Gasteiger partial charge is 0.203 e. The highest BCUT2D eigenvalue weighted by Gasteiger charge is 2.14.